The van der Waals surface area contributed by atoms with Gasteiger partial charge in [-0.25, -0.2) is 0 Å². The zero-order valence-electron chi connectivity index (χ0n) is 9.09. The summed E-state index contributed by atoms with van der Waals surface area (Å²) in [4.78, 5) is 26.4. The molecule has 1 atom stereocenters. The van der Waals surface area contributed by atoms with Gasteiger partial charge in [-0.15, -0.1) is 0 Å². The predicted octanol–water partition coefficient (Wildman–Crippen LogP) is 0.138. The highest BCUT2D eigenvalue weighted by atomic mass is 32.2. The maximum Gasteiger partial charge on any atom is 0.281 e. The summed E-state index contributed by atoms with van der Waals surface area (Å²) in [6, 6.07) is 0. The number of carbonyl (C=O) groups excluding carboxylic acids is 2. The van der Waals surface area contributed by atoms with E-state index < -0.39 is 0 Å². The fraction of sp³-hybridized carbons (Fsp3) is 0.800. The van der Waals surface area contributed by atoms with Crippen molar-refractivity contribution in [3.05, 3.63) is 0 Å². The molecule has 90 valence electrons. The van der Waals surface area contributed by atoms with Gasteiger partial charge in [-0.1, -0.05) is 11.8 Å². The summed E-state index contributed by atoms with van der Waals surface area (Å²) in [6.07, 6.45) is 0.677. The largest absolute Gasteiger partial charge is 0.391 e. The van der Waals surface area contributed by atoms with Gasteiger partial charge >= 0.3 is 0 Å². The third-order valence-electron chi connectivity index (χ3n) is 2.96. The van der Waals surface area contributed by atoms with Crippen molar-refractivity contribution in [1.29, 1.82) is 0 Å². The van der Waals surface area contributed by atoms with E-state index in [1.807, 2.05) is 0 Å². The number of carbonyl (C=O) groups is 2. The van der Waals surface area contributed by atoms with Crippen molar-refractivity contribution in [3.63, 3.8) is 0 Å². The van der Waals surface area contributed by atoms with Gasteiger partial charge in [-0.2, -0.15) is 0 Å². The molecule has 0 aromatic rings. The summed E-state index contributed by atoms with van der Waals surface area (Å²) in [7, 11) is 0. The van der Waals surface area contributed by atoms with Crippen molar-refractivity contribution in [1.82, 2.24) is 9.80 Å². The minimum Gasteiger partial charge on any atom is -0.391 e. The Morgan fingerprint density at radius 1 is 1.50 bits per heavy atom. The van der Waals surface area contributed by atoms with Gasteiger partial charge in [-0.3, -0.25) is 9.59 Å². The summed E-state index contributed by atoms with van der Waals surface area (Å²) < 4.78 is 0. The normalized spacial score (nSPS) is 25.6. The molecule has 2 fully saturated rings. The van der Waals surface area contributed by atoms with Crippen molar-refractivity contribution in [3.8, 4) is 0 Å². The monoisotopic (exact) mass is 244 g/mol. The van der Waals surface area contributed by atoms with Gasteiger partial charge in [0.1, 0.15) is 0 Å². The molecule has 0 spiro atoms. The number of hydrogen-bond acceptors (Lipinski definition) is 4. The van der Waals surface area contributed by atoms with E-state index in [2.05, 4.69) is 0 Å². The highest BCUT2D eigenvalue weighted by Crippen LogP contribution is 2.18. The molecule has 0 aromatic heterocycles. The van der Waals surface area contributed by atoms with E-state index in [4.69, 9.17) is 0 Å². The second-order valence-electron chi connectivity index (χ2n) is 4.13. The van der Waals surface area contributed by atoms with Gasteiger partial charge in [0.05, 0.1) is 6.10 Å². The Bertz CT molecular complexity index is 298. The predicted molar refractivity (Wildman–Crippen MR) is 61.2 cm³/mol. The lowest BCUT2D eigenvalue weighted by Crippen LogP contribution is -2.33. The van der Waals surface area contributed by atoms with Gasteiger partial charge in [-0.05, 0) is 6.42 Å². The van der Waals surface area contributed by atoms with Crippen LogP contribution < -0.4 is 0 Å². The second-order valence-corrected chi connectivity index (χ2v) is 5.18. The molecule has 5 nitrogen and oxygen atoms in total. The fourth-order valence-electron chi connectivity index (χ4n) is 1.99. The number of rotatable bonds is 3. The molecule has 16 heavy (non-hydrogen) atoms. The number of β-amino-alcohol motifs (C(OH)–C–C–N with tert-alkyl or cyclic N) is 1. The smallest absolute Gasteiger partial charge is 0.281 e. The van der Waals surface area contributed by atoms with Crippen LogP contribution in [0.2, 0.25) is 0 Å². The van der Waals surface area contributed by atoms with Gasteiger partial charge in [0.2, 0.25) is 5.91 Å². The number of aliphatic hydroxyl groups excluding tert-OH is 1. The van der Waals surface area contributed by atoms with E-state index in [1.54, 1.807) is 9.80 Å². The van der Waals surface area contributed by atoms with Crippen LogP contribution in [0.25, 0.3) is 0 Å². The Kier molecular flexibility index (Phi) is 3.70. The highest BCUT2D eigenvalue weighted by Gasteiger charge is 2.26. The molecule has 2 saturated heterocycles. The van der Waals surface area contributed by atoms with Crippen molar-refractivity contribution in [2.24, 2.45) is 0 Å². The Morgan fingerprint density at radius 3 is 2.88 bits per heavy atom. The molecule has 2 heterocycles. The number of amides is 2. The lowest BCUT2D eigenvalue weighted by molar-refractivity contribution is -0.130. The SMILES string of the molecule is O=C(CCN1CCSC1=O)N1CC[C@@H](O)C1. The number of hydrogen-bond donors (Lipinski definition) is 1. The lowest BCUT2D eigenvalue weighted by atomic mass is 10.3. The molecule has 0 radical (unpaired) electrons. The molecule has 0 unspecified atom stereocenters. The van der Waals surface area contributed by atoms with E-state index in [0.717, 1.165) is 12.3 Å². The van der Waals surface area contributed by atoms with Crippen molar-refractivity contribution in [2.75, 3.05) is 31.9 Å². The van der Waals surface area contributed by atoms with Gasteiger partial charge in [0, 0.05) is 38.4 Å². The first kappa shape index (κ1) is 11.7. The molecule has 2 amide bonds. The molecule has 1 N–H and O–H groups in total. The van der Waals surface area contributed by atoms with E-state index >= 15 is 0 Å². The van der Waals surface area contributed by atoms with E-state index in [-0.39, 0.29) is 17.3 Å². The summed E-state index contributed by atoms with van der Waals surface area (Å²) in [5.74, 6) is 0.872. The molecule has 0 saturated carbocycles. The molecule has 6 heteroatoms. The van der Waals surface area contributed by atoms with Crippen LogP contribution in [-0.4, -0.2) is 64.1 Å². The Hall–Kier alpha value is -0.750. The van der Waals surface area contributed by atoms with Crippen LogP contribution in [0.4, 0.5) is 4.79 Å². The summed E-state index contributed by atoms with van der Waals surface area (Å²) in [5, 5.41) is 9.39. The van der Waals surface area contributed by atoms with Gasteiger partial charge in [0.15, 0.2) is 0 Å². The van der Waals surface area contributed by atoms with Crippen molar-refractivity contribution in [2.45, 2.75) is 18.9 Å². The van der Waals surface area contributed by atoms with E-state index in [0.29, 0.717) is 32.5 Å². The second kappa shape index (κ2) is 5.05. The third kappa shape index (κ3) is 2.68. The number of likely N-dealkylation sites (tertiary alicyclic amines) is 1. The van der Waals surface area contributed by atoms with Crippen LogP contribution >= 0.6 is 11.8 Å². The molecule has 2 rings (SSSR count). The molecule has 2 aliphatic heterocycles. The number of nitrogens with zero attached hydrogens (tertiary/aromatic N) is 2. The molecular weight excluding hydrogens is 228 g/mol. The number of aliphatic hydroxyl groups is 1. The maximum absolute atomic E-state index is 11.7. The average molecular weight is 244 g/mol. The zero-order valence-corrected chi connectivity index (χ0v) is 9.91. The number of thioether (sulfide) groups is 1. The first-order valence-electron chi connectivity index (χ1n) is 5.54. The minimum absolute atomic E-state index is 0.0428. The minimum atomic E-state index is -0.368. The zero-order chi connectivity index (χ0) is 11.5. The van der Waals surface area contributed by atoms with Crippen LogP contribution in [0.5, 0.6) is 0 Å². The summed E-state index contributed by atoms with van der Waals surface area (Å²) in [6.45, 7) is 2.35. The lowest BCUT2D eigenvalue weighted by Gasteiger charge is -2.18. The third-order valence-corrected chi connectivity index (χ3v) is 3.85. The van der Waals surface area contributed by atoms with Crippen molar-refractivity contribution < 1.29 is 14.7 Å². The molecule has 0 bridgehead atoms. The van der Waals surface area contributed by atoms with Crippen LogP contribution in [-0.2, 0) is 4.79 Å². The van der Waals surface area contributed by atoms with E-state index in [9.17, 15) is 14.7 Å². The van der Waals surface area contributed by atoms with Crippen LogP contribution in [0, 0.1) is 0 Å². The summed E-state index contributed by atoms with van der Waals surface area (Å²) in [5.41, 5.74) is 0. The van der Waals surface area contributed by atoms with Crippen LogP contribution in [0.3, 0.4) is 0 Å². The maximum atomic E-state index is 11.7. The average Bonchev–Trinajstić information content (AvgIpc) is 2.84. The van der Waals surface area contributed by atoms with Crippen LogP contribution in [0.1, 0.15) is 12.8 Å². The first-order valence-corrected chi connectivity index (χ1v) is 6.53. The van der Waals surface area contributed by atoms with Gasteiger partial charge < -0.3 is 14.9 Å². The van der Waals surface area contributed by atoms with Crippen LogP contribution in [0.15, 0.2) is 0 Å². The topological polar surface area (TPSA) is 60.9 Å². The van der Waals surface area contributed by atoms with Gasteiger partial charge in [0.25, 0.3) is 5.24 Å². The first-order chi connectivity index (χ1) is 7.66. The Morgan fingerprint density at radius 2 is 2.31 bits per heavy atom. The van der Waals surface area contributed by atoms with Crippen molar-refractivity contribution >= 4 is 22.9 Å². The Labute approximate surface area is 98.8 Å². The fourth-order valence-corrected chi connectivity index (χ4v) is 2.84. The standard InChI is InChI=1S/C10H16N2O3S/c13-8-1-3-12(7-8)9(14)2-4-11-5-6-16-10(11)15/h8,13H,1-7H2/t8-/m1/s1. The molecule has 0 aliphatic carbocycles. The quantitative estimate of drug-likeness (QED) is 0.767. The molecule has 2 aliphatic rings. The highest BCUT2D eigenvalue weighted by molar-refractivity contribution is 8.13. The molecule has 0 aromatic carbocycles. The summed E-state index contributed by atoms with van der Waals surface area (Å²) >= 11 is 1.31. The molecular formula is C10H16N2O3S. The van der Waals surface area contributed by atoms with E-state index in [1.165, 1.54) is 11.8 Å². The Balaban J connectivity index is 1.73.